The quantitative estimate of drug-likeness (QED) is 0.184. The Balaban J connectivity index is 1.13. The van der Waals surface area contributed by atoms with Crippen molar-refractivity contribution in [3.8, 4) is 67.5 Å². The third-order valence-corrected chi connectivity index (χ3v) is 8.93. The molecule has 0 atom stereocenters. The zero-order chi connectivity index (χ0) is 32.6. The van der Waals surface area contributed by atoms with E-state index in [0.29, 0.717) is 17.5 Å². The molecule has 2 aromatic heterocycles. The fourth-order valence-corrected chi connectivity index (χ4v) is 6.48. The van der Waals surface area contributed by atoms with Crippen molar-refractivity contribution in [2.75, 3.05) is 0 Å². The average molecular weight is 628 g/mol. The highest BCUT2D eigenvalue weighted by Crippen LogP contribution is 2.39. The molecule has 9 rings (SSSR count). The summed E-state index contributed by atoms with van der Waals surface area (Å²) in [6, 6.07) is 60.5. The van der Waals surface area contributed by atoms with Gasteiger partial charge in [-0.3, -0.25) is 0 Å². The Hall–Kier alpha value is -6.65. The lowest BCUT2D eigenvalue weighted by molar-refractivity contribution is 0.670. The Bertz CT molecular complexity index is 2540. The van der Waals surface area contributed by atoms with Crippen LogP contribution < -0.4 is 0 Å². The van der Waals surface area contributed by atoms with Crippen molar-refractivity contribution in [2.45, 2.75) is 0 Å². The predicted octanol–water partition coefficient (Wildman–Crippen LogP) is 11.8. The second kappa shape index (κ2) is 12.2. The lowest BCUT2D eigenvalue weighted by Crippen LogP contribution is -2.00. The highest BCUT2D eigenvalue weighted by Gasteiger charge is 2.17. The van der Waals surface area contributed by atoms with E-state index in [2.05, 4.69) is 97.1 Å². The fraction of sp³-hybridized carbons (Fsp3) is 0. The number of benzene rings is 7. The first-order valence-corrected chi connectivity index (χ1v) is 16.4. The van der Waals surface area contributed by atoms with E-state index in [-0.39, 0.29) is 0 Å². The number of rotatable bonds is 6. The Labute approximate surface area is 284 Å². The maximum Gasteiger partial charge on any atom is 0.164 e. The van der Waals surface area contributed by atoms with E-state index in [4.69, 9.17) is 19.4 Å². The lowest BCUT2D eigenvalue weighted by atomic mass is 9.95. The fourth-order valence-electron chi connectivity index (χ4n) is 6.48. The zero-order valence-electron chi connectivity index (χ0n) is 26.5. The molecule has 2 heterocycles. The third kappa shape index (κ3) is 5.45. The van der Waals surface area contributed by atoms with Gasteiger partial charge in [-0.05, 0) is 58.1 Å². The number of furan rings is 1. The van der Waals surface area contributed by atoms with Gasteiger partial charge in [-0.15, -0.1) is 0 Å². The van der Waals surface area contributed by atoms with Crippen LogP contribution in [0.1, 0.15) is 0 Å². The SMILES string of the molecule is c1ccc(-c2cccc(-c3cccc(-c4cccc5c4oc4ccc(-c6nc(-c7ccccc7)nc(-c7ccccc7)n6)cc45)c3)c2)cc1. The van der Waals surface area contributed by atoms with Crippen LogP contribution in [0.3, 0.4) is 0 Å². The first kappa shape index (κ1) is 28.6. The van der Waals surface area contributed by atoms with Gasteiger partial charge in [0.1, 0.15) is 11.2 Å². The monoisotopic (exact) mass is 627 g/mol. The van der Waals surface area contributed by atoms with E-state index in [9.17, 15) is 0 Å². The first-order chi connectivity index (χ1) is 24.3. The predicted molar refractivity (Wildman–Crippen MR) is 200 cm³/mol. The number of fused-ring (bicyclic) bond motifs is 3. The minimum absolute atomic E-state index is 0.616. The summed E-state index contributed by atoms with van der Waals surface area (Å²) >= 11 is 0. The average Bonchev–Trinajstić information content (AvgIpc) is 3.57. The van der Waals surface area contributed by atoms with E-state index in [1.807, 2.05) is 78.9 Å². The summed E-state index contributed by atoms with van der Waals surface area (Å²) in [5.74, 6) is 1.89. The van der Waals surface area contributed by atoms with Gasteiger partial charge >= 0.3 is 0 Å². The number of aromatic nitrogens is 3. The first-order valence-electron chi connectivity index (χ1n) is 16.4. The molecule has 7 aromatic carbocycles. The molecule has 0 saturated heterocycles. The van der Waals surface area contributed by atoms with Crippen LogP contribution in [0.5, 0.6) is 0 Å². The molecule has 0 unspecified atom stereocenters. The maximum absolute atomic E-state index is 6.58. The van der Waals surface area contributed by atoms with Crippen LogP contribution in [0.15, 0.2) is 180 Å². The van der Waals surface area contributed by atoms with Crippen LogP contribution in [0.2, 0.25) is 0 Å². The maximum atomic E-state index is 6.58. The van der Waals surface area contributed by atoms with Crippen LogP contribution in [0, 0.1) is 0 Å². The van der Waals surface area contributed by atoms with E-state index >= 15 is 0 Å². The van der Waals surface area contributed by atoms with Gasteiger partial charge in [0.2, 0.25) is 0 Å². The lowest BCUT2D eigenvalue weighted by Gasteiger charge is -2.09. The van der Waals surface area contributed by atoms with Crippen molar-refractivity contribution in [3.63, 3.8) is 0 Å². The molecule has 0 fully saturated rings. The van der Waals surface area contributed by atoms with Crippen molar-refractivity contribution in [1.29, 1.82) is 0 Å². The van der Waals surface area contributed by atoms with Crippen molar-refractivity contribution < 1.29 is 4.42 Å². The van der Waals surface area contributed by atoms with Crippen LogP contribution in [-0.2, 0) is 0 Å². The molecule has 4 nitrogen and oxygen atoms in total. The number of nitrogens with zero attached hydrogens (tertiary/aromatic N) is 3. The van der Waals surface area contributed by atoms with Gasteiger partial charge in [-0.1, -0.05) is 146 Å². The second-order valence-corrected chi connectivity index (χ2v) is 12.1. The minimum Gasteiger partial charge on any atom is -0.455 e. The normalized spacial score (nSPS) is 11.3. The van der Waals surface area contributed by atoms with Crippen molar-refractivity contribution in [3.05, 3.63) is 176 Å². The molecule has 9 aromatic rings. The third-order valence-electron chi connectivity index (χ3n) is 8.93. The number of hydrogen-bond acceptors (Lipinski definition) is 4. The molecule has 0 aliphatic rings. The van der Waals surface area contributed by atoms with E-state index < -0.39 is 0 Å². The minimum atomic E-state index is 0.616. The van der Waals surface area contributed by atoms with Crippen molar-refractivity contribution >= 4 is 21.9 Å². The standard InChI is InChI=1S/C45H29N3O/c1-4-13-30(14-5-1)33-19-10-20-34(27-33)35-21-11-22-36(28-35)38-23-12-24-39-40-29-37(25-26-41(40)49-42(38)39)45-47-43(31-15-6-2-7-16-31)46-44(48-45)32-17-8-3-9-18-32/h1-29H. The van der Waals surface area contributed by atoms with E-state index in [1.165, 1.54) is 16.7 Å². The second-order valence-electron chi connectivity index (χ2n) is 12.1. The molecule has 0 bridgehead atoms. The van der Waals surface area contributed by atoms with Gasteiger partial charge < -0.3 is 4.42 Å². The van der Waals surface area contributed by atoms with Gasteiger partial charge in [0.15, 0.2) is 17.5 Å². The number of para-hydroxylation sites is 1. The Morgan fingerprint density at radius 3 is 1.39 bits per heavy atom. The molecule has 0 radical (unpaired) electrons. The van der Waals surface area contributed by atoms with Gasteiger partial charge in [0.05, 0.1) is 0 Å². The highest BCUT2D eigenvalue weighted by atomic mass is 16.3. The Kier molecular flexibility index (Phi) is 7.10. The molecule has 49 heavy (non-hydrogen) atoms. The molecule has 4 heteroatoms. The summed E-state index contributed by atoms with van der Waals surface area (Å²) in [5, 5.41) is 2.07. The molecule has 0 spiro atoms. The summed E-state index contributed by atoms with van der Waals surface area (Å²) in [6.07, 6.45) is 0. The topological polar surface area (TPSA) is 51.8 Å². The van der Waals surface area contributed by atoms with E-state index in [0.717, 1.165) is 55.3 Å². The molecular formula is C45H29N3O. The van der Waals surface area contributed by atoms with Crippen LogP contribution >= 0.6 is 0 Å². The Morgan fingerprint density at radius 1 is 0.306 bits per heavy atom. The van der Waals surface area contributed by atoms with Gasteiger partial charge in [-0.25, -0.2) is 15.0 Å². The largest absolute Gasteiger partial charge is 0.455 e. The zero-order valence-corrected chi connectivity index (χ0v) is 26.5. The number of hydrogen-bond donors (Lipinski definition) is 0. The summed E-state index contributed by atoms with van der Waals surface area (Å²) in [4.78, 5) is 14.7. The molecule has 0 N–H and O–H groups in total. The van der Waals surface area contributed by atoms with Crippen LogP contribution in [-0.4, -0.2) is 15.0 Å². The summed E-state index contributed by atoms with van der Waals surface area (Å²) in [5.41, 5.74) is 11.3. The molecule has 230 valence electrons. The van der Waals surface area contributed by atoms with Crippen LogP contribution in [0.4, 0.5) is 0 Å². The molecule has 0 aliphatic carbocycles. The molecule has 0 aliphatic heterocycles. The summed E-state index contributed by atoms with van der Waals surface area (Å²) < 4.78 is 6.58. The van der Waals surface area contributed by atoms with Gasteiger partial charge in [0, 0.05) is 33.0 Å². The molecule has 0 saturated carbocycles. The van der Waals surface area contributed by atoms with Gasteiger partial charge in [0.25, 0.3) is 0 Å². The molecular weight excluding hydrogens is 599 g/mol. The van der Waals surface area contributed by atoms with Crippen LogP contribution in [0.25, 0.3) is 89.5 Å². The summed E-state index contributed by atoms with van der Waals surface area (Å²) in [7, 11) is 0. The van der Waals surface area contributed by atoms with Gasteiger partial charge in [-0.2, -0.15) is 0 Å². The highest BCUT2D eigenvalue weighted by molar-refractivity contribution is 6.10. The molecule has 0 amide bonds. The Morgan fingerprint density at radius 2 is 0.776 bits per heavy atom. The van der Waals surface area contributed by atoms with Crippen molar-refractivity contribution in [2.24, 2.45) is 0 Å². The van der Waals surface area contributed by atoms with Crippen molar-refractivity contribution in [1.82, 2.24) is 15.0 Å². The van der Waals surface area contributed by atoms with E-state index in [1.54, 1.807) is 0 Å². The smallest absolute Gasteiger partial charge is 0.164 e. The summed E-state index contributed by atoms with van der Waals surface area (Å²) in [6.45, 7) is 0.